The summed E-state index contributed by atoms with van der Waals surface area (Å²) in [7, 11) is -8.72. The molecule has 17 heteroatoms. The second-order valence-corrected chi connectivity index (χ2v) is 12.7. The lowest BCUT2D eigenvalue weighted by Gasteiger charge is -2.41. The number of ether oxygens (including phenoxy) is 1. The lowest BCUT2D eigenvalue weighted by molar-refractivity contribution is -0.129. The fourth-order valence-corrected chi connectivity index (χ4v) is 5.74. The molecule has 3 atom stereocenters. The average Bonchev–Trinajstić information content (AvgIpc) is 3.35. The molecule has 2 aromatic rings. The molecule has 2 amide bonds. The third-order valence-corrected chi connectivity index (χ3v) is 8.46. The van der Waals surface area contributed by atoms with Crippen molar-refractivity contribution in [2.24, 2.45) is 0 Å². The largest absolute Gasteiger partial charge is 0.379 e. The van der Waals surface area contributed by atoms with E-state index >= 15 is 0 Å². The zero-order chi connectivity index (χ0) is 31.0. The van der Waals surface area contributed by atoms with Gasteiger partial charge in [0.05, 0.1) is 18.8 Å². The van der Waals surface area contributed by atoms with Crippen LogP contribution in [0.3, 0.4) is 0 Å². The number of halogens is 7. The van der Waals surface area contributed by atoms with Crippen LogP contribution in [0.1, 0.15) is 43.7 Å². The molecule has 1 saturated heterocycles. The minimum atomic E-state index is -10.1. The van der Waals surface area contributed by atoms with Gasteiger partial charge in [-0.1, -0.05) is 19.4 Å². The van der Waals surface area contributed by atoms with Gasteiger partial charge < -0.3 is 10.1 Å². The van der Waals surface area contributed by atoms with E-state index in [1.54, 1.807) is 0 Å². The number of likely N-dealkylation sites (tertiary alicyclic amines) is 1. The topological polar surface area (TPSA) is 111 Å². The monoisotopic (exact) mass is 624 g/mol. The van der Waals surface area contributed by atoms with Crippen molar-refractivity contribution in [2.45, 2.75) is 67.2 Å². The first-order valence-electron chi connectivity index (χ1n) is 12.7. The molecule has 0 spiro atoms. The Kier molecular flexibility index (Phi) is 7.87. The number of nitrogens with zero attached hydrogens (tertiary/aromatic N) is 5. The molecule has 1 aliphatic carbocycles. The van der Waals surface area contributed by atoms with E-state index in [1.807, 2.05) is 6.19 Å². The number of benzene rings is 1. The zero-order valence-corrected chi connectivity index (χ0v) is 22.9. The molecule has 1 unspecified atom stereocenters. The summed E-state index contributed by atoms with van der Waals surface area (Å²) in [6, 6.07) is -0.811. The number of methoxy groups -OCH3 is 1. The number of nitrogens with one attached hydrogen (secondary N) is 1. The molecule has 1 aromatic heterocycles. The van der Waals surface area contributed by atoms with Crippen LogP contribution in [0.5, 0.6) is 0 Å². The Morgan fingerprint density at radius 1 is 1.12 bits per heavy atom. The van der Waals surface area contributed by atoms with Crippen LogP contribution >= 0.6 is 10.2 Å². The molecule has 1 N–H and O–H groups in total. The number of rotatable bonds is 8. The van der Waals surface area contributed by atoms with E-state index in [0.717, 1.165) is 16.0 Å². The molecule has 1 aromatic carbocycles. The number of amides is 2. The first-order valence-corrected chi connectivity index (χ1v) is 14.7. The molecular weight excluding hydrogens is 597 g/mol. The Morgan fingerprint density at radius 2 is 1.76 bits per heavy atom. The van der Waals surface area contributed by atoms with Gasteiger partial charge in [0.2, 0.25) is 11.8 Å². The van der Waals surface area contributed by atoms with Crippen molar-refractivity contribution in [1.82, 2.24) is 20.4 Å². The highest BCUT2D eigenvalue weighted by Gasteiger charge is 2.65. The second kappa shape index (κ2) is 10.6. The summed E-state index contributed by atoms with van der Waals surface area (Å²) in [5, 5.41) is 19.6. The van der Waals surface area contributed by atoms with Gasteiger partial charge in [-0.2, -0.15) is 15.5 Å². The number of hydrogen-bond donors (Lipinski definition) is 1. The first-order chi connectivity index (χ1) is 19.4. The maximum Gasteiger partial charge on any atom is 0.310 e. The third kappa shape index (κ3) is 7.04. The van der Waals surface area contributed by atoms with Crippen LogP contribution in [-0.4, -0.2) is 64.7 Å². The second-order valence-electron chi connectivity index (χ2n) is 10.2. The Labute approximate surface area is 236 Å². The summed E-state index contributed by atoms with van der Waals surface area (Å²) in [6.07, 6.45) is 2.43. The summed E-state index contributed by atoms with van der Waals surface area (Å²) >= 11 is 0. The summed E-state index contributed by atoms with van der Waals surface area (Å²) in [6.45, 7) is 0.00433. The van der Waals surface area contributed by atoms with E-state index in [1.165, 1.54) is 19.4 Å². The fraction of sp³-hybridized carbons (Fsp3) is 0.480. The van der Waals surface area contributed by atoms with Crippen LogP contribution in [0.2, 0.25) is 0 Å². The van der Waals surface area contributed by atoms with Gasteiger partial charge in [-0.25, -0.2) is 8.78 Å². The Hall–Kier alpha value is -3.65. The molecule has 42 heavy (non-hydrogen) atoms. The number of carbonyl (C=O) groups excluding carboxylic acids is 2. The molecule has 9 nitrogen and oxygen atoms in total. The van der Waals surface area contributed by atoms with Crippen molar-refractivity contribution in [3.63, 3.8) is 0 Å². The molecule has 0 radical (unpaired) electrons. The van der Waals surface area contributed by atoms with Gasteiger partial charge in [0.1, 0.15) is 17.0 Å². The van der Waals surface area contributed by atoms with Gasteiger partial charge in [0, 0.05) is 49.9 Å². The van der Waals surface area contributed by atoms with Crippen LogP contribution in [0, 0.1) is 11.5 Å². The molecule has 2 fully saturated rings. The minimum Gasteiger partial charge on any atom is -0.379 e. The van der Waals surface area contributed by atoms with Crippen LogP contribution < -0.4 is 10.2 Å². The predicted molar refractivity (Wildman–Crippen MR) is 137 cm³/mol. The van der Waals surface area contributed by atoms with E-state index in [0.29, 0.717) is 12.1 Å². The zero-order valence-electron chi connectivity index (χ0n) is 22.1. The van der Waals surface area contributed by atoms with Gasteiger partial charge in [-0.15, -0.1) is 0 Å². The minimum absolute atomic E-state index is 0.00433. The van der Waals surface area contributed by atoms with E-state index in [-0.39, 0.29) is 49.2 Å². The third-order valence-electron chi connectivity index (χ3n) is 7.30. The lowest BCUT2D eigenvalue weighted by Crippen LogP contribution is -2.52. The number of nitriles is 1. The summed E-state index contributed by atoms with van der Waals surface area (Å²) in [5.41, 5.74) is -0.324. The Bertz CT molecular complexity index is 1350. The van der Waals surface area contributed by atoms with Crippen LogP contribution in [-0.2, 0) is 14.3 Å². The molecule has 2 aliphatic rings. The number of alkyl halides is 2. The van der Waals surface area contributed by atoms with E-state index in [2.05, 4.69) is 15.5 Å². The molecule has 2 heterocycles. The lowest BCUT2D eigenvalue weighted by atomic mass is 9.91. The van der Waals surface area contributed by atoms with Gasteiger partial charge in [-0.05, 0) is 43.2 Å². The van der Waals surface area contributed by atoms with Gasteiger partial charge in [0.25, 0.3) is 5.91 Å². The molecular formula is C25H27F7N6O3S. The molecule has 0 bridgehead atoms. The van der Waals surface area contributed by atoms with Gasteiger partial charge >= 0.3 is 10.2 Å². The summed E-state index contributed by atoms with van der Waals surface area (Å²) < 4.78 is 100. The average molecular weight is 625 g/mol. The number of aromatic nitrogens is 2. The number of hydrogen-bond acceptors (Lipinski definition) is 7. The Balaban J connectivity index is 1.80. The number of anilines is 1. The molecule has 1 saturated carbocycles. The smallest absolute Gasteiger partial charge is 0.310 e. The standard InChI is InChI=1S/C25H27F7N6O3S/c1-41-19-12-21(37(14-19)15-33)24(40)38(18-2-4-20(5-3-18)42(28,29,30,31)32)22(16-8-11-34-35-13-16)23(39)36-17-6-9-25(26,27)10-7-17/h2-5,8,11,13,17,19,21-22H,6-7,9-10,12,14H2,1H3,(H,36,39)/t19-,21-,22?/m1/s1. The maximum atomic E-state index is 14.1. The number of carbonyl (C=O) groups is 2. The summed E-state index contributed by atoms with van der Waals surface area (Å²) in [5.74, 6) is -4.69. The fourth-order valence-electron chi connectivity index (χ4n) is 5.09. The van der Waals surface area contributed by atoms with Crippen LogP contribution in [0.25, 0.3) is 0 Å². The normalized spacial score (nSPS) is 23.3. The highest BCUT2D eigenvalue weighted by atomic mass is 32.5. The SMILES string of the molecule is CO[C@@H]1C[C@H](C(=O)N(c2ccc(S(F)(F)(F)(F)F)cc2)C(C(=O)NC2CCC(F)(F)CC2)c2ccnnc2)N(C#N)C1. The van der Waals surface area contributed by atoms with Crippen molar-refractivity contribution in [2.75, 3.05) is 18.6 Å². The van der Waals surface area contributed by atoms with E-state index < -0.39 is 69.9 Å². The molecule has 4 rings (SSSR count). The van der Waals surface area contributed by atoms with Gasteiger partial charge in [-0.3, -0.25) is 19.4 Å². The van der Waals surface area contributed by atoms with Gasteiger partial charge in [0.15, 0.2) is 6.19 Å². The Morgan fingerprint density at radius 3 is 2.29 bits per heavy atom. The van der Waals surface area contributed by atoms with Crippen LogP contribution in [0.15, 0.2) is 47.6 Å². The first kappa shape index (κ1) is 31.3. The quantitative estimate of drug-likeness (QED) is 0.306. The molecule has 230 valence electrons. The molecule has 1 aliphatic heterocycles. The van der Waals surface area contributed by atoms with Crippen molar-refractivity contribution in [3.8, 4) is 6.19 Å². The maximum absolute atomic E-state index is 14.1. The predicted octanol–water partition coefficient (Wildman–Crippen LogP) is 5.47. The van der Waals surface area contributed by atoms with E-state index in [9.17, 15) is 43.1 Å². The van der Waals surface area contributed by atoms with Crippen molar-refractivity contribution >= 4 is 27.7 Å². The highest BCUT2D eigenvalue weighted by Crippen LogP contribution is 3.02. The van der Waals surface area contributed by atoms with Crippen molar-refractivity contribution < 1.29 is 42.5 Å². The summed E-state index contributed by atoms with van der Waals surface area (Å²) in [4.78, 5) is 27.5. The van der Waals surface area contributed by atoms with Crippen molar-refractivity contribution in [1.29, 1.82) is 5.26 Å². The highest BCUT2D eigenvalue weighted by molar-refractivity contribution is 8.45. The van der Waals surface area contributed by atoms with Crippen molar-refractivity contribution in [3.05, 3.63) is 48.3 Å². The van der Waals surface area contributed by atoms with E-state index in [4.69, 9.17) is 4.74 Å². The van der Waals surface area contributed by atoms with Crippen LogP contribution in [0.4, 0.5) is 33.9 Å².